The lowest BCUT2D eigenvalue weighted by atomic mass is 9.98. The highest BCUT2D eigenvalue weighted by Gasteiger charge is 2.27. The first kappa shape index (κ1) is 20.2. The zero-order valence-electron chi connectivity index (χ0n) is 16.8. The van der Waals surface area contributed by atoms with Gasteiger partial charge >= 0.3 is 0 Å². The van der Waals surface area contributed by atoms with Crippen LogP contribution in [-0.2, 0) is 11.2 Å². The van der Waals surface area contributed by atoms with Crippen molar-refractivity contribution in [3.8, 4) is 11.4 Å². The summed E-state index contributed by atoms with van der Waals surface area (Å²) in [5.74, 6) is 0.860. The molecule has 1 N–H and O–H groups in total. The average Bonchev–Trinajstić information content (AvgIpc) is 3.26. The predicted molar refractivity (Wildman–Crippen MR) is 111 cm³/mol. The van der Waals surface area contributed by atoms with E-state index in [0.717, 1.165) is 31.4 Å². The molecular weight excluding hydrogens is 383 g/mol. The third kappa shape index (κ3) is 5.30. The van der Waals surface area contributed by atoms with Crippen LogP contribution in [0.1, 0.15) is 30.2 Å². The Labute approximate surface area is 175 Å². The van der Waals surface area contributed by atoms with E-state index in [-0.39, 0.29) is 17.6 Å². The fourth-order valence-corrected chi connectivity index (χ4v) is 3.77. The molecule has 0 aliphatic carbocycles. The minimum atomic E-state index is -0.299. The first-order valence-corrected chi connectivity index (χ1v) is 10.3. The summed E-state index contributed by atoms with van der Waals surface area (Å²) in [7, 11) is 0. The normalized spacial score (nSPS) is 17.0. The Hall–Kier alpha value is -3.06. The van der Waals surface area contributed by atoms with Crippen molar-refractivity contribution in [3.05, 3.63) is 71.9 Å². The highest BCUT2D eigenvalue weighted by molar-refractivity contribution is 5.78. The number of hydrogen-bond acceptors (Lipinski definition) is 5. The Kier molecular flexibility index (Phi) is 6.49. The fraction of sp³-hybridized carbons (Fsp3) is 0.348. The smallest absolute Gasteiger partial charge is 0.234 e. The summed E-state index contributed by atoms with van der Waals surface area (Å²) < 4.78 is 18.6. The van der Waals surface area contributed by atoms with Crippen LogP contribution in [0.3, 0.4) is 0 Å². The number of nitrogens with zero attached hydrogens (tertiary/aromatic N) is 3. The van der Waals surface area contributed by atoms with E-state index in [1.54, 1.807) is 12.1 Å². The molecule has 4 rings (SSSR count). The zero-order chi connectivity index (χ0) is 20.8. The van der Waals surface area contributed by atoms with Gasteiger partial charge in [-0.25, -0.2) is 4.39 Å². The van der Waals surface area contributed by atoms with E-state index in [2.05, 4.69) is 32.5 Å². The first-order valence-electron chi connectivity index (χ1n) is 10.3. The van der Waals surface area contributed by atoms with E-state index in [1.165, 1.54) is 17.7 Å². The van der Waals surface area contributed by atoms with E-state index >= 15 is 0 Å². The number of carbonyl (C=O) groups is 1. The molecule has 0 bridgehead atoms. The Balaban J connectivity index is 1.28. The summed E-state index contributed by atoms with van der Waals surface area (Å²) in [5, 5.41) is 7.04. The highest BCUT2D eigenvalue weighted by Crippen LogP contribution is 2.27. The van der Waals surface area contributed by atoms with Crippen molar-refractivity contribution in [3.63, 3.8) is 0 Å². The number of amides is 1. The van der Waals surface area contributed by atoms with Crippen molar-refractivity contribution >= 4 is 5.91 Å². The summed E-state index contributed by atoms with van der Waals surface area (Å²) in [5.41, 5.74) is 1.93. The van der Waals surface area contributed by atoms with Crippen LogP contribution >= 0.6 is 0 Å². The number of halogens is 1. The van der Waals surface area contributed by atoms with Crippen molar-refractivity contribution in [2.45, 2.75) is 25.2 Å². The molecule has 1 aromatic heterocycles. The molecule has 6 nitrogen and oxygen atoms in total. The van der Waals surface area contributed by atoms with Crippen molar-refractivity contribution in [2.24, 2.45) is 0 Å². The quantitative estimate of drug-likeness (QED) is 0.649. The second kappa shape index (κ2) is 9.63. The van der Waals surface area contributed by atoms with Crippen LogP contribution in [0.5, 0.6) is 0 Å². The van der Waals surface area contributed by atoms with Gasteiger partial charge in [0.05, 0.1) is 12.5 Å². The Bertz CT molecular complexity index is 959. The van der Waals surface area contributed by atoms with Gasteiger partial charge < -0.3 is 9.84 Å². The van der Waals surface area contributed by atoms with E-state index < -0.39 is 0 Å². The summed E-state index contributed by atoms with van der Waals surface area (Å²) in [4.78, 5) is 19.0. The molecule has 2 heterocycles. The molecule has 156 valence electrons. The minimum Gasteiger partial charge on any atom is -0.355 e. The average molecular weight is 408 g/mol. The number of carbonyl (C=O) groups excluding carboxylic acids is 1. The molecular formula is C23H25FN4O2. The number of aromatic nitrogens is 2. The number of rotatable bonds is 7. The van der Waals surface area contributed by atoms with Gasteiger partial charge in [-0.2, -0.15) is 4.98 Å². The first-order chi connectivity index (χ1) is 14.7. The topological polar surface area (TPSA) is 71.3 Å². The lowest BCUT2D eigenvalue weighted by Crippen LogP contribution is -2.42. The minimum absolute atomic E-state index is 0.0316. The maximum Gasteiger partial charge on any atom is 0.234 e. The third-order valence-corrected chi connectivity index (χ3v) is 5.34. The van der Waals surface area contributed by atoms with Crippen LogP contribution in [0.2, 0.25) is 0 Å². The van der Waals surface area contributed by atoms with Crippen LogP contribution in [-0.4, -0.2) is 47.1 Å². The Morgan fingerprint density at radius 2 is 1.97 bits per heavy atom. The molecule has 1 amide bonds. The Morgan fingerprint density at radius 3 is 2.77 bits per heavy atom. The molecule has 1 aliphatic rings. The van der Waals surface area contributed by atoms with E-state index in [9.17, 15) is 9.18 Å². The van der Waals surface area contributed by atoms with Gasteiger partial charge in [-0.05, 0) is 55.6 Å². The SMILES string of the molecule is O=C(CN1CCCC(c2nc(-c3ccc(F)cc3)no2)C1)NCCc1ccccc1. The molecule has 1 atom stereocenters. The summed E-state index contributed by atoms with van der Waals surface area (Å²) in [6.07, 6.45) is 2.73. The van der Waals surface area contributed by atoms with Gasteiger partial charge in [0, 0.05) is 18.7 Å². The molecule has 2 aromatic carbocycles. The fourth-order valence-electron chi connectivity index (χ4n) is 3.77. The number of hydrogen-bond donors (Lipinski definition) is 1. The van der Waals surface area contributed by atoms with Gasteiger partial charge in [-0.3, -0.25) is 9.69 Å². The van der Waals surface area contributed by atoms with Gasteiger partial charge in [0.1, 0.15) is 5.82 Å². The molecule has 0 radical (unpaired) electrons. The molecule has 1 saturated heterocycles. The molecule has 0 spiro atoms. The number of likely N-dealkylation sites (tertiary alicyclic amines) is 1. The van der Waals surface area contributed by atoms with Crippen molar-refractivity contribution in [1.29, 1.82) is 0 Å². The van der Waals surface area contributed by atoms with Gasteiger partial charge in [0.25, 0.3) is 0 Å². The second-order valence-corrected chi connectivity index (χ2v) is 7.62. The monoisotopic (exact) mass is 408 g/mol. The van der Waals surface area contributed by atoms with E-state index in [0.29, 0.717) is 31.3 Å². The number of nitrogens with one attached hydrogen (secondary N) is 1. The van der Waals surface area contributed by atoms with Gasteiger partial charge in [-0.15, -0.1) is 0 Å². The van der Waals surface area contributed by atoms with Crippen LogP contribution in [0.15, 0.2) is 59.1 Å². The van der Waals surface area contributed by atoms with Crippen molar-refractivity contribution in [2.75, 3.05) is 26.2 Å². The van der Waals surface area contributed by atoms with E-state index in [4.69, 9.17) is 4.52 Å². The maximum atomic E-state index is 13.1. The van der Waals surface area contributed by atoms with Crippen LogP contribution < -0.4 is 5.32 Å². The molecule has 3 aromatic rings. The van der Waals surface area contributed by atoms with Crippen molar-refractivity contribution in [1.82, 2.24) is 20.4 Å². The van der Waals surface area contributed by atoms with Crippen LogP contribution in [0.25, 0.3) is 11.4 Å². The largest absolute Gasteiger partial charge is 0.355 e. The maximum absolute atomic E-state index is 13.1. The predicted octanol–water partition coefficient (Wildman–Crippen LogP) is 3.41. The summed E-state index contributed by atoms with van der Waals surface area (Å²) in [6.45, 7) is 2.58. The lowest BCUT2D eigenvalue weighted by molar-refractivity contribution is -0.122. The van der Waals surface area contributed by atoms with Gasteiger partial charge in [-0.1, -0.05) is 35.5 Å². The van der Waals surface area contributed by atoms with Crippen LogP contribution in [0.4, 0.5) is 4.39 Å². The van der Waals surface area contributed by atoms with Crippen molar-refractivity contribution < 1.29 is 13.7 Å². The molecule has 1 aliphatic heterocycles. The van der Waals surface area contributed by atoms with Gasteiger partial charge in [0.2, 0.25) is 17.6 Å². The van der Waals surface area contributed by atoms with Gasteiger partial charge in [0.15, 0.2) is 0 Å². The second-order valence-electron chi connectivity index (χ2n) is 7.62. The molecule has 1 fully saturated rings. The Morgan fingerprint density at radius 1 is 1.17 bits per heavy atom. The number of benzene rings is 2. The van der Waals surface area contributed by atoms with Crippen LogP contribution in [0, 0.1) is 5.82 Å². The molecule has 1 unspecified atom stereocenters. The summed E-state index contributed by atoms with van der Waals surface area (Å²) in [6, 6.07) is 16.1. The molecule has 0 saturated carbocycles. The highest BCUT2D eigenvalue weighted by atomic mass is 19.1. The lowest BCUT2D eigenvalue weighted by Gasteiger charge is -2.30. The molecule has 30 heavy (non-hydrogen) atoms. The third-order valence-electron chi connectivity index (χ3n) is 5.34. The van der Waals surface area contributed by atoms with E-state index in [1.807, 2.05) is 18.2 Å². The zero-order valence-corrected chi connectivity index (χ0v) is 16.8. The number of piperidine rings is 1. The summed E-state index contributed by atoms with van der Waals surface area (Å²) >= 11 is 0. The standard InChI is InChI=1S/C23H25FN4O2/c24-20-10-8-18(9-11-20)22-26-23(30-27-22)19-7-4-14-28(15-19)16-21(29)25-13-12-17-5-2-1-3-6-17/h1-3,5-6,8-11,19H,4,7,12-16H2,(H,25,29). The molecule has 7 heteroatoms.